The maximum Gasteiger partial charge on any atom is 0.223 e. The summed E-state index contributed by atoms with van der Waals surface area (Å²) in [6.07, 6.45) is 0.542. The standard InChI is InChI=1S/C14H20N4O.HI/c1-16-14(15)17-9-11-8-12(19)18(2)13(11)10-6-4-3-5-7-10;/h3-7,11,13H,8-9H2,1-2H3,(H3,15,16,17);1H. The van der Waals surface area contributed by atoms with Crippen LogP contribution in [0.25, 0.3) is 0 Å². The molecule has 20 heavy (non-hydrogen) atoms. The fourth-order valence-corrected chi connectivity index (χ4v) is 2.60. The van der Waals surface area contributed by atoms with Crippen molar-refractivity contribution in [1.29, 1.82) is 0 Å². The van der Waals surface area contributed by atoms with Crippen LogP contribution in [0.4, 0.5) is 0 Å². The summed E-state index contributed by atoms with van der Waals surface area (Å²) in [7, 11) is 3.50. The summed E-state index contributed by atoms with van der Waals surface area (Å²) in [4.78, 5) is 17.6. The minimum absolute atomic E-state index is 0. The molecule has 0 bridgehead atoms. The molecule has 0 spiro atoms. The van der Waals surface area contributed by atoms with Crippen molar-refractivity contribution < 1.29 is 4.79 Å². The van der Waals surface area contributed by atoms with E-state index in [1.54, 1.807) is 7.05 Å². The highest BCUT2D eigenvalue weighted by atomic mass is 127. The van der Waals surface area contributed by atoms with Crippen LogP contribution in [0.15, 0.2) is 35.3 Å². The molecule has 0 saturated carbocycles. The molecule has 1 amide bonds. The molecule has 1 aliphatic heterocycles. The Morgan fingerprint density at radius 1 is 1.45 bits per heavy atom. The number of nitrogens with zero attached hydrogens (tertiary/aromatic N) is 2. The number of carbonyl (C=O) groups is 1. The molecule has 0 radical (unpaired) electrons. The van der Waals surface area contributed by atoms with E-state index in [2.05, 4.69) is 22.4 Å². The van der Waals surface area contributed by atoms with E-state index in [0.717, 1.165) is 5.56 Å². The van der Waals surface area contributed by atoms with Crippen LogP contribution in [-0.4, -0.2) is 37.4 Å². The van der Waals surface area contributed by atoms with Crippen LogP contribution in [0.5, 0.6) is 0 Å². The van der Waals surface area contributed by atoms with Crippen molar-refractivity contribution in [3.8, 4) is 0 Å². The Labute approximate surface area is 136 Å². The third kappa shape index (κ3) is 3.62. The zero-order valence-electron chi connectivity index (χ0n) is 11.7. The van der Waals surface area contributed by atoms with Gasteiger partial charge in [0.15, 0.2) is 5.96 Å². The Morgan fingerprint density at radius 2 is 2.10 bits per heavy atom. The van der Waals surface area contributed by atoms with E-state index in [9.17, 15) is 4.79 Å². The van der Waals surface area contributed by atoms with E-state index >= 15 is 0 Å². The van der Waals surface area contributed by atoms with E-state index in [-0.39, 0.29) is 41.8 Å². The van der Waals surface area contributed by atoms with Crippen LogP contribution >= 0.6 is 24.0 Å². The van der Waals surface area contributed by atoms with Crippen molar-refractivity contribution in [1.82, 2.24) is 10.2 Å². The average molecular weight is 388 g/mol. The van der Waals surface area contributed by atoms with Gasteiger partial charge in [-0.2, -0.15) is 0 Å². The largest absolute Gasteiger partial charge is 0.370 e. The predicted octanol–water partition coefficient (Wildman–Crippen LogP) is 1.36. The van der Waals surface area contributed by atoms with Crippen molar-refractivity contribution in [3.05, 3.63) is 35.9 Å². The molecule has 3 N–H and O–H groups in total. The van der Waals surface area contributed by atoms with Gasteiger partial charge in [0.2, 0.25) is 5.91 Å². The molecule has 1 saturated heterocycles. The van der Waals surface area contributed by atoms with Crippen LogP contribution in [0.3, 0.4) is 0 Å². The molecular weight excluding hydrogens is 367 g/mol. The van der Waals surface area contributed by atoms with Crippen molar-refractivity contribution in [3.63, 3.8) is 0 Å². The van der Waals surface area contributed by atoms with Crippen molar-refractivity contribution in [2.24, 2.45) is 16.6 Å². The fourth-order valence-electron chi connectivity index (χ4n) is 2.60. The normalized spacial score (nSPS) is 22.6. The molecule has 0 aromatic heterocycles. The second-order valence-electron chi connectivity index (χ2n) is 4.81. The van der Waals surface area contributed by atoms with Crippen LogP contribution in [0.1, 0.15) is 18.0 Å². The molecule has 1 fully saturated rings. The number of hydrogen-bond acceptors (Lipinski definition) is 2. The van der Waals surface area contributed by atoms with Gasteiger partial charge in [-0.1, -0.05) is 30.3 Å². The molecule has 1 heterocycles. The smallest absolute Gasteiger partial charge is 0.223 e. The van der Waals surface area contributed by atoms with Gasteiger partial charge in [0.05, 0.1) is 6.04 Å². The molecule has 2 unspecified atom stereocenters. The van der Waals surface area contributed by atoms with Crippen molar-refractivity contribution in [2.45, 2.75) is 12.5 Å². The van der Waals surface area contributed by atoms with E-state index in [4.69, 9.17) is 5.73 Å². The number of guanidine groups is 1. The predicted molar refractivity (Wildman–Crippen MR) is 91.0 cm³/mol. The first-order valence-electron chi connectivity index (χ1n) is 6.40. The minimum atomic E-state index is 0. The van der Waals surface area contributed by atoms with Gasteiger partial charge >= 0.3 is 0 Å². The zero-order chi connectivity index (χ0) is 13.8. The summed E-state index contributed by atoms with van der Waals surface area (Å²) in [6.45, 7) is 0.652. The number of nitrogens with one attached hydrogen (secondary N) is 1. The average Bonchev–Trinajstić information content (AvgIpc) is 2.72. The second-order valence-corrected chi connectivity index (χ2v) is 4.81. The maximum absolute atomic E-state index is 11.9. The molecule has 0 aliphatic carbocycles. The lowest BCUT2D eigenvalue weighted by Gasteiger charge is -2.25. The second kappa shape index (κ2) is 7.47. The number of benzene rings is 1. The van der Waals surface area contributed by atoms with E-state index in [0.29, 0.717) is 18.9 Å². The molecule has 1 aromatic rings. The van der Waals surface area contributed by atoms with Gasteiger partial charge in [-0.3, -0.25) is 9.79 Å². The van der Waals surface area contributed by atoms with Gasteiger partial charge in [0.1, 0.15) is 0 Å². The van der Waals surface area contributed by atoms with Crippen LogP contribution in [0.2, 0.25) is 0 Å². The topological polar surface area (TPSA) is 70.7 Å². The third-order valence-corrected chi connectivity index (χ3v) is 3.62. The lowest BCUT2D eigenvalue weighted by molar-refractivity contribution is -0.127. The highest BCUT2D eigenvalue weighted by Gasteiger charge is 2.38. The summed E-state index contributed by atoms with van der Waals surface area (Å²) in [6, 6.07) is 10.2. The third-order valence-electron chi connectivity index (χ3n) is 3.62. The number of hydrogen-bond donors (Lipinski definition) is 2. The van der Waals surface area contributed by atoms with Crippen LogP contribution < -0.4 is 11.1 Å². The van der Waals surface area contributed by atoms with Gasteiger partial charge in [0, 0.05) is 33.0 Å². The molecule has 5 nitrogen and oxygen atoms in total. The van der Waals surface area contributed by atoms with Gasteiger partial charge in [-0.05, 0) is 5.56 Å². The Morgan fingerprint density at radius 3 is 2.70 bits per heavy atom. The number of aliphatic imine (C=N–C) groups is 1. The first kappa shape index (κ1) is 16.7. The first-order chi connectivity index (χ1) is 9.13. The summed E-state index contributed by atoms with van der Waals surface area (Å²) < 4.78 is 0. The Kier molecular flexibility index (Phi) is 6.25. The number of nitrogens with two attached hydrogens (primary N) is 1. The molecule has 6 heteroatoms. The Bertz CT molecular complexity index is 477. The van der Waals surface area contributed by atoms with Crippen molar-refractivity contribution >= 4 is 35.8 Å². The number of rotatable bonds is 3. The van der Waals surface area contributed by atoms with Gasteiger partial charge in [0.25, 0.3) is 0 Å². The SMILES string of the molecule is CN=C(N)NCC1CC(=O)N(C)C1c1ccccc1.I. The Hall–Kier alpha value is -1.31. The summed E-state index contributed by atoms with van der Waals surface area (Å²) >= 11 is 0. The van der Waals surface area contributed by atoms with E-state index in [1.165, 1.54) is 0 Å². The fraction of sp³-hybridized carbons (Fsp3) is 0.429. The Balaban J connectivity index is 0.00000200. The maximum atomic E-state index is 11.9. The van der Waals surface area contributed by atoms with Gasteiger partial charge < -0.3 is 16.0 Å². The molecule has 1 aromatic carbocycles. The number of carbonyl (C=O) groups excluding carboxylic acids is 1. The summed E-state index contributed by atoms with van der Waals surface area (Å²) in [5.74, 6) is 0.793. The molecule has 2 rings (SSSR count). The van der Waals surface area contributed by atoms with Gasteiger partial charge in [-0.25, -0.2) is 0 Å². The quantitative estimate of drug-likeness (QED) is 0.467. The lowest BCUT2D eigenvalue weighted by Crippen LogP contribution is -2.36. The summed E-state index contributed by atoms with van der Waals surface area (Å²) in [5.41, 5.74) is 6.81. The highest BCUT2D eigenvalue weighted by Crippen LogP contribution is 2.36. The summed E-state index contributed by atoms with van der Waals surface area (Å²) in [5, 5.41) is 3.06. The van der Waals surface area contributed by atoms with Crippen LogP contribution in [0, 0.1) is 5.92 Å². The van der Waals surface area contributed by atoms with Gasteiger partial charge in [-0.15, -0.1) is 24.0 Å². The monoisotopic (exact) mass is 388 g/mol. The highest BCUT2D eigenvalue weighted by molar-refractivity contribution is 14.0. The lowest BCUT2D eigenvalue weighted by atomic mass is 9.94. The number of amides is 1. The van der Waals surface area contributed by atoms with Crippen molar-refractivity contribution in [2.75, 3.05) is 20.6 Å². The van der Waals surface area contributed by atoms with Crippen LogP contribution in [-0.2, 0) is 4.79 Å². The number of halogens is 1. The number of likely N-dealkylation sites (tertiary alicyclic amines) is 1. The van der Waals surface area contributed by atoms with E-state index < -0.39 is 0 Å². The molecule has 110 valence electrons. The molecule has 2 atom stereocenters. The molecular formula is C14H21IN4O. The first-order valence-corrected chi connectivity index (χ1v) is 6.40. The van der Waals surface area contributed by atoms with E-state index in [1.807, 2.05) is 30.1 Å². The minimum Gasteiger partial charge on any atom is -0.370 e. The zero-order valence-corrected chi connectivity index (χ0v) is 14.1. The molecule has 1 aliphatic rings.